The van der Waals surface area contributed by atoms with Crippen molar-refractivity contribution >= 4 is 14.3 Å². The molecule has 0 bridgehead atoms. The highest BCUT2D eigenvalue weighted by atomic mass is 28.4. The number of carbonyl (C=O) groups is 1. The van der Waals surface area contributed by atoms with Crippen molar-refractivity contribution in [3.63, 3.8) is 0 Å². The van der Waals surface area contributed by atoms with Crippen molar-refractivity contribution in [1.29, 1.82) is 0 Å². The van der Waals surface area contributed by atoms with Crippen molar-refractivity contribution in [1.82, 2.24) is 0 Å². The summed E-state index contributed by atoms with van der Waals surface area (Å²) in [6, 6.07) is 0. The lowest BCUT2D eigenvalue weighted by molar-refractivity contribution is -0.152. The van der Waals surface area contributed by atoms with Crippen molar-refractivity contribution in [3.8, 4) is 0 Å². The fourth-order valence-corrected chi connectivity index (χ4v) is 12.0. The van der Waals surface area contributed by atoms with E-state index in [-0.39, 0.29) is 22.1 Å². The van der Waals surface area contributed by atoms with Gasteiger partial charge in [-0.05, 0) is 21.5 Å². The minimum absolute atomic E-state index is 0.104. The maximum absolute atomic E-state index is 11.3. The molecule has 0 aliphatic carbocycles. The Bertz CT molecular complexity index is 351. The van der Waals surface area contributed by atoms with E-state index in [1.54, 1.807) is 0 Å². The third-order valence-electron chi connectivity index (χ3n) is 5.04. The van der Waals surface area contributed by atoms with Crippen LogP contribution >= 0.6 is 0 Å². The Morgan fingerprint density at radius 2 is 1.55 bits per heavy atom. The van der Waals surface area contributed by atoms with Crippen LogP contribution in [-0.2, 0) is 14.0 Å². The molecule has 1 heterocycles. The summed E-state index contributed by atoms with van der Waals surface area (Å²) in [5.74, 6) is 0.135. The molecule has 1 aliphatic rings. The standard InChI is InChI=1S/C16H32O3Si/c1-11-12(2)20(15(4,5)6,16(7,8)9)18-10-14(11)19-13(3)17/h11-12,14H,10H2,1-9H3/t11-,12-,14-/m0/s1. The Morgan fingerprint density at radius 3 is 1.90 bits per heavy atom. The second-order valence-corrected chi connectivity index (χ2v) is 14.0. The number of carbonyl (C=O) groups excluding carboxylic acids is 1. The second-order valence-electron chi connectivity index (χ2n) is 8.34. The average Bonchev–Trinajstić information content (AvgIpc) is 2.20. The number of rotatable bonds is 1. The van der Waals surface area contributed by atoms with Gasteiger partial charge in [0.1, 0.15) is 6.10 Å². The first-order valence-corrected chi connectivity index (χ1v) is 9.64. The molecular weight excluding hydrogens is 268 g/mol. The first kappa shape index (κ1) is 17.7. The van der Waals surface area contributed by atoms with Gasteiger partial charge in [0, 0.05) is 6.92 Å². The molecule has 0 radical (unpaired) electrons. The van der Waals surface area contributed by atoms with Gasteiger partial charge in [-0.15, -0.1) is 0 Å². The SMILES string of the molecule is CC(=O)O[C@H]1CO[Si](C(C)(C)C)(C(C)(C)C)[C@@H](C)[C@@H]1C. The van der Waals surface area contributed by atoms with E-state index in [1.807, 2.05) is 0 Å². The Labute approximate surface area is 125 Å². The number of esters is 1. The molecule has 20 heavy (non-hydrogen) atoms. The van der Waals surface area contributed by atoms with E-state index in [2.05, 4.69) is 55.4 Å². The van der Waals surface area contributed by atoms with Gasteiger partial charge >= 0.3 is 5.97 Å². The highest BCUT2D eigenvalue weighted by Crippen LogP contribution is 2.61. The van der Waals surface area contributed by atoms with Gasteiger partial charge in [0.2, 0.25) is 8.32 Å². The number of hydrogen-bond acceptors (Lipinski definition) is 3. The zero-order valence-corrected chi connectivity index (χ0v) is 15.7. The maximum atomic E-state index is 11.3. The van der Waals surface area contributed by atoms with Crippen LogP contribution in [0.5, 0.6) is 0 Å². The molecule has 0 amide bonds. The molecule has 3 atom stereocenters. The Hall–Kier alpha value is -0.353. The van der Waals surface area contributed by atoms with Crippen LogP contribution in [0.2, 0.25) is 15.6 Å². The smallest absolute Gasteiger partial charge is 0.302 e. The Morgan fingerprint density at radius 1 is 1.10 bits per heavy atom. The summed E-state index contributed by atoms with van der Waals surface area (Å²) in [7, 11) is -2.04. The van der Waals surface area contributed by atoms with Crippen LogP contribution in [0.15, 0.2) is 0 Å². The predicted octanol–water partition coefficient (Wildman–Crippen LogP) is 4.52. The van der Waals surface area contributed by atoms with Gasteiger partial charge in [-0.2, -0.15) is 0 Å². The molecule has 0 saturated carbocycles. The lowest BCUT2D eigenvalue weighted by atomic mass is 10.0. The topological polar surface area (TPSA) is 35.5 Å². The van der Waals surface area contributed by atoms with Crippen molar-refractivity contribution in [2.45, 2.75) is 84.0 Å². The molecule has 0 aromatic rings. The van der Waals surface area contributed by atoms with Gasteiger partial charge in [0.05, 0.1) is 6.61 Å². The predicted molar refractivity (Wildman–Crippen MR) is 85.3 cm³/mol. The molecule has 0 aromatic carbocycles. The minimum atomic E-state index is -2.04. The van der Waals surface area contributed by atoms with Crippen molar-refractivity contribution in [2.24, 2.45) is 5.92 Å². The Kier molecular flexibility index (Phi) is 4.82. The quantitative estimate of drug-likeness (QED) is 0.527. The summed E-state index contributed by atoms with van der Waals surface area (Å²) in [6.07, 6.45) is -0.104. The lowest BCUT2D eigenvalue weighted by Crippen LogP contribution is -2.64. The van der Waals surface area contributed by atoms with Gasteiger partial charge in [-0.25, -0.2) is 0 Å². The average molecular weight is 301 g/mol. The molecule has 0 spiro atoms. The minimum Gasteiger partial charge on any atom is -0.460 e. The lowest BCUT2D eigenvalue weighted by Gasteiger charge is -2.59. The van der Waals surface area contributed by atoms with Crippen LogP contribution in [0.3, 0.4) is 0 Å². The van der Waals surface area contributed by atoms with Crippen LogP contribution in [0.25, 0.3) is 0 Å². The summed E-state index contributed by atoms with van der Waals surface area (Å²) in [5, 5.41) is 0.306. The molecule has 1 fully saturated rings. The molecule has 4 heteroatoms. The normalized spacial score (nSPS) is 30.9. The molecular formula is C16H32O3Si. The molecule has 1 aliphatic heterocycles. The zero-order chi connectivity index (χ0) is 15.9. The molecule has 3 nitrogen and oxygen atoms in total. The largest absolute Gasteiger partial charge is 0.460 e. The molecule has 0 unspecified atom stereocenters. The summed E-state index contributed by atoms with van der Waals surface area (Å²) < 4.78 is 12.0. The van der Waals surface area contributed by atoms with Gasteiger partial charge in [0.15, 0.2) is 0 Å². The van der Waals surface area contributed by atoms with Crippen molar-refractivity contribution in [3.05, 3.63) is 0 Å². The highest BCUT2D eigenvalue weighted by Gasteiger charge is 2.62. The fourth-order valence-electron chi connectivity index (χ4n) is 4.47. The fraction of sp³-hybridized carbons (Fsp3) is 0.938. The van der Waals surface area contributed by atoms with E-state index in [9.17, 15) is 4.79 Å². The maximum Gasteiger partial charge on any atom is 0.302 e. The van der Waals surface area contributed by atoms with Crippen LogP contribution in [0.1, 0.15) is 62.3 Å². The van der Waals surface area contributed by atoms with Gasteiger partial charge in [0.25, 0.3) is 0 Å². The van der Waals surface area contributed by atoms with Crippen molar-refractivity contribution in [2.75, 3.05) is 6.61 Å². The molecule has 1 rings (SSSR count). The Balaban J connectivity index is 3.17. The van der Waals surface area contributed by atoms with E-state index < -0.39 is 8.32 Å². The van der Waals surface area contributed by atoms with Crippen molar-refractivity contribution < 1.29 is 14.0 Å². The molecule has 0 aromatic heterocycles. The van der Waals surface area contributed by atoms with Crippen LogP contribution in [0.4, 0.5) is 0 Å². The zero-order valence-electron chi connectivity index (χ0n) is 14.7. The highest BCUT2D eigenvalue weighted by molar-refractivity contribution is 6.80. The first-order chi connectivity index (χ1) is 8.84. The van der Waals surface area contributed by atoms with E-state index >= 15 is 0 Å². The van der Waals surface area contributed by atoms with E-state index in [0.29, 0.717) is 18.1 Å². The van der Waals surface area contributed by atoms with Gasteiger partial charge in [-0.1, -0.05) is 55.4 Å². The van der Waals surface area contributed by atoms with Crippen LogP contribution < -0.4 is 0 Å². The summed E-state index contributed by atoms with van der Waals surface area (Å²) >= 11 is 0. The van der Waals surface area contributed by atoms with Gasteiger partial charge < -0.3 is 9.16 Å². The molecule has 118 valence electrons. The van der Waals surface area contributed by atoms with E-state index in [1.165, 1.54) is 6.92 Å². The van der Waals surface area contributed by atoms with E-state index in [0.717, 1.165) is 0 Å². The van der Waals surface area contributed by atoms with Crippen LogP contribution in [0, 0.1) is 5.92 Å². The molecule has 1 saturated heterocycles. The van der Waals surface area contributed by atoms with E-state index in [4.69, 9.17) is 9.16 Å². The third kappa shape index (κ3) is 2.82. The number of hydrogen-bond donors (Lipinski definition) is 0. The summed E-state index contributed by atoms with van der Waals surface area (Å²) in [5.41, 5.74) is 0.445. The second kappa shape index (κ2) is 5.45. The summed E-state index contributed by atoms with van der Waals surface area (Å²) in [6.45, 7) is 20.4. The first-order valence-electron chi connectivity index (χ1n) is 7.66. The van der Waals surface area contributed by atoms with Gasteiger partial charge in [-0.3, -0.25) is 4.79 Å². The number of ether oxygens (including phenoxy) is 1. The third-order valence-corrected chi connectivity index (χ3v) is 11.9. The summed E-state index contributed by atoms with van der Waals surface area (Å²) in [4.78, 5) is 11.3. The monoisotopic (exact) mass is 300 g/mol. The van der Waals surface area contributed by atoms with Crippen LogP contribution in [-0.4, -0.2) is 27.0 Å². The molecule has 0 N–H and O–H groups in total.